The molecule has 2 aromatic heterocycles. The Morgan fingerprint density at radius 2 is 2.00 bits per heavy atom. The number of amides is 1. The maximum atomic E-state index is 11.9. The third kappa shape index (κ3) is 2.51. The first-order valence-electron chi connectivity index (χ1n) is 6.29. The minimum atomic E-state index is -0.240. The number of fused-ring (bicyclic) bond motifs is 1. The van der Waals surface area contributed by atoms with Crippen molar-refractivity contribution in [3.8, 4) is 0 Å². The smallest absolute Gasteiger partial charge is 0.270 e. The number of hydrogen-bond donors (Lipinski definition) is 1. The number of benzene rings is 1. The van der Waals surface area contributed by atoms with Crippen molar-refractivity contribution in [3.63, 3.8) is 0 Å². The van der Waals surface area contributed by atoms with E-state index < -0.39 is 0 Å². The lowest BCUT2D eigenvalue weighted by molar-refractivity contribution is 0.0942. The molecule has 2 heterocycles. The predicted octanol–water partition coefficient (Wildman–Crippen LogP) is 2.46. The summed E-state index contributed by atoms with van der Waals surface area (Å²) >= 11 is 0. The molecule has 0 unspecified atom stereocenters. The topological polar surface area (TPSA) is 68.0 Å². The van der Waals surface area contributed by atoms with Crippen LogP contribution in [0.1, 0.15) is 22.1 Å². The first-order chi connectivity index (χ1) is 9.72. The highest BCUT2D eigenvalue weighted by molar-refractivity contribution is 5.92. The van der Waals surface area contributed by atoms with Crippen LogP contribution in [0.2, 0.25) is 0 Å². The Labute approximate surface area is 115 Å². The number of aromatic nitrogens is 2. The highest BCUT2D eigenvalue weighted by Gasteiger charge is 2.09. The van der Waals surface area contributed by atoms with Crippen LogP contribution in [-0.2, 0) is 6.54 Å². The Morgan fingerprint density at radius 3 is 2.80 bits per heavy atom. The zero-order valence-electron chi connectivity index (χ0n) is 11.0. The molecule has 5 heteroatoms. The number of rotatable bonds is 3. The molecule has 0 saturated carbocycles. The predicted molar refractivity (Wildman–Crippen MR) is 74.2 cm³/mol. The molecule has 3 aromatic rings. The molecular weight excluding hydrogens is 254 g/mol. The summed E-state index contributed by atoms with van der Waals surface area (Å²) in [6, 6.07) is 12.8. The largest absolute Gasteiger partial charge is 0.439 e. The third-order valence-electron chi connectivity index (χ3n) is 2.86. The lowest BCUT2D eigenvalue weighted by Gasteiger charge is -2.02. The fourth-order valence-corrected chi connectivity index (χ4v) is 1.91. The van der Waals surface area contributed by atoms with Crippen LogP contribution >= 0.6 is 0 Å². The maximum Gasteiger partial charge on any atom is 0.270 e. The SMILES string of the molecule is Cc1cccc(C(=O)NCc2nc3ccccc3o2)n1. The fourth-order valence-electron chi connectivity index (χ4n) is 1.91. The van der Waals surface area contributed by atoms with Gasteiger partial charge >= 0.3 is 0 Å². The molecule has 1 N–H and O–H groups in total. The van der Waals surface area contributed by atoms with Crippen molar-refractivity contribution in [2.75, 3.05) is 0 Å². The summed E-state index contributed by atoms with van der Waals surface area (Å²) in [6.07, 6.45) is 0. The standard InChI is InChI=1S/C15H13N3O2/c1-10-5-4-7-12(17-10)15(19)16-9-14-18-11-6-2-3-8-13(11)20-14/h2-8H,9H2,1H3,(H,16,19). The molecular formula is C15H13N3O2. The molecule has 0 aliphatic heterocycles. The van der Waals surface area contributed by atoms with E-state index in [1.165, 1.54) is 0 Å². The van der Waals surface area contributed by atoms with Crippen LogP contribution in [0, 0.1) is 6.92 Å². The second-order valence-corrected chi connectivity index (χ2v) is 4.42. The summed E-state index contributed by atoms with van der Waals surface area (Å²) in [6.45, 7) is 2.08. The molecule has 0 radical (unpaired) electrons. The molecule has 3 rings (SSSR count). The van der Waals surface area contributed by atoms with E-state index in [2.05, 4.69) is 15.3 Å². The van der Waals surface area contributed by atoms with Gasteiger partial charge in [-0.15, -0.1) is 0 Å². The molecule has 0 bridgehead atoms. The highest BCUT2D eigenvalue weighted by Crippen LogP contribution is 2.14. The Bertz CT molecular complexity index is 731. The molecule has 0 aliphatic carbocycles. The minimum Gasteiger partial charge on any atom is -0.439 e. The summed E-state index contributed by atoms with van der Waals surface area (Å²) in [7, 11) is 0. The second-order valence-electron chi connectivity index (χ2n) is 4.42. The van der Waals surface area contributed by atoms with Crippen molar-refractivity contribution in [1.82, 2.24) is 15.3 Å². The van der Waals surface area contributed by atoms with Gasteiger partial charge in [-0.05, 0) is 31.2 Å². The van der Waals surface area contributed by atoms with Gasteiger partial charge < -0.3 is 9.73 Å². The van der Waals surface area contributed by atoms with Crippen LogP contribution in [0.25, 0.3) is 11.1 Å². The van der Waals surface area contributed by atoms with Gasteiger partial charge in [-0.2, -0.15) is 0 Å². The number of para-hydroxylation sites is 2. The number of oxazole rings is 1. The van der Waals surface area contributed by atoms with Crippen molar-refractivity contribution < 1.29 is 9.21 Å². The van der Waals surface area contributed by atoms with E-state index in [0.29, 0.717) is 17.2 Å². The van der Waals surface area contributed by atoms with Crippen LogP contribution < -0.4 is 5.32 Å². The van der Waals surface area contributed by atoms with Crippen molar-refractivity contribution >= 4 is 17.0 Å². The quantitative estimate of drug-likeness (QED) is 0.791. The zero-order valence-corrected chi connectivity index (χ0v) is 11.0. The van der Waals surface area contributed by atoms with Crippen LogP contribution in [-0.4, -0.2) is 15.9 Å². The molecule has 20 heavy (non-hydrogen) atoms. The van der Waals surface area contributed by atoms with Gasteiger partial charge in [0.25, 0.3) is 5.91 Å². The first kappa shape index (κ1) is 12.3. The molecule has 0 atom stereocenters. The van der Waals surface area contributed by atoms with Crippen LogP contribution in [0.15, 0.2) is 46.9 Å². The van der Waals surface area contributed by atoms with Crippen LogP contribution in [0.5, 0.6) is 0 Å². The minimum absolute atomic E-state index is 0.239. The normalized spacial score (nSPS) is 10.7. The van der Waals surface area contributed by atoms with Gasteiger partial charge in [0.2, 0.25) is 5.89 Å². The van der Waals surface area contributed by atoms with Gasteiger partial charge in [0.15, 0.2) is 5.58 Å². The number of pyridine rings is 1. The number of carbonyl (C=O) groups excluding carboxylic acids is 1. The van der Waals surface area contributed by atoms with Crippen molar-refractivity contribution in [3.05, 3.63) is 59.7 Å². The van der Waals surface area contributed by atoms with E-state index in [0.717, 1.165) is 11.2 Å². The Hall–Kier alpha value is -2.69. The molecule has 5 nitrogen and oxygen atoms in total. The summed E-state index contributed by atoms with van der Waals surface area (Å²) < 4.78 is 5.53. The Morgan fingerprint density at radius 1 is 1.15 bits per heavy atom. The van der Waals surface area contributed by atoms with Gasteiger partial charge in [-0.3, -0.25) is 4.79 Å². The van der Waals surface area contributed by atoms with Crippen LogP contribution in [0.3, 0.4) is 0 Å². The van der Waals surface area contributed by atoms with E-state index in [-0.39, 0.29) is 12.5 Å². The van der Waals surface area contributed by atoms with Gasteiger partial charge in [-0.1, -0.05) is 18.2 Å². The lowest BCUT2D eigenvalue weighted by atomic mass is 10.3. The molecule has 1 amide bonds. The summed E-state index contributed by atoms with van der Waals surface area (Å²) in [5, 5.41) is 2.75. The van der Waals surface area contributed by atoms with Gasteiger partial charge in [0, 0.05) is 5.69 Å². The number of carbonyl (C=O) groups is 1. The van der Waals surface area contributed by atoms with Crippen molar-refractivity contribution in [2.45, 2.75) is 13.5 Å². The first-order valence-corrected chi connectivity index (χ1v) is 6.29. The summed E-state index contributed by atoms with van der Waals surface area (Å²) in [5.41, 5.74) is 2.69. The number of hydrogen-bond acceptors (Lipinski definition) is 4. The van der Waals surface area contributed by atoms with Crippen LogP contribution in [0.4, 0.5) is 0 Å². The van der Waals surface area contributed by atoms with Gasteiger partial charge in [0.1, 0.15) is 11.2 Å². The van der Waals surface area contributed by atoms with Crippen molar-refractivity contribution in [2.24, 2.45) is 0 Å². The Balaban J connectivity index is 1.71. The van der Waals surface area contributed by atoms with E-state index >= 15 is 0 Å². The average Bonchev–Trinajstić information content (AvgIpc) is 2.87. The maximum absolute atomic E-state index is 11.9. The summed E-state index contributed by atoms with van der Waals surface area (Å²) in [4.78, 5) is 20.4. The third-order valence-corrected chi connectivity index (χ3v) is 2.86. The van der Waals surface area contributed by atoms with E-state index in [1.54, 1.807) is 12.1 Å². The van der Waals surface area contributed by atoms with E-state index in [1.807, 2.05) is 37.3 Å². The Kier molecular flexibility index (Phi) is 3.16. The van der Waals surface area contributed by atoms with E-state index in [4.69, 9.17) is 4.42 Å². The molecule has 0 spiro atoms. The molecule has 0 fully saturated rings. The highest BCUT2D eigenvalue weighted by atomic mass is 16.3. The molecule has 0 aliphatic rings. The number of aryl methyl sites for hydroxylation is 1. The monoisotopic (exact) mass is 267 g/mol. The van der Waals surface area contributed by atoms with Crippen molar-refractivity contribution in [1.29, 1.82) is 0 Å². The molecule has 1 aromatic carbocycles. The number of nitrogens with zero attached hydrogens (tertiary/aromatic N) is 2. The zero-order chi connectivity index (χ0) is 13.9. The lowest BCUT2D eigenvalue weighted by Crippen LogP contribution is -2.24. The van der Waals surface area contributed by atoms with Gasteiger partial charge in [0.05, 0.1) is 6.54 Å². The second kappa shape index (κ2) is 5.13. The summed E-state index contributed by atoms with van der Waals surface area (Å²) in [5.74, 6) is 0.239. The number of nitrogens with one attached hydrogen (secondary N) is 1. The van der Waals surface area contributed by atoms with Gasteiger partial charge in [-0.25, -0.2) is 9.97 Å². The average molecular weight is 267 g/mol. The molecule has 100 valence electrons. The fraction of sp³-hybridized carbons (Fsp3) is 0.133. The van der Waals surface area contributed by atoms with E-state index in [9.17, 15) is 4.79 Å². The molecule has 0 saturated heterocycles.